The Kier molecular flexibility index (Phi) is 6.42. The average Bonchev–Trinajstić information content (AvgIpc) is 2.73. The van der Waals surface area contributed by atoms with Crippen molar-refractivity contribution < 1.29 is 27.8 Å². The highest BCUT2D eigenvalue weighted by atomic mass is 19.4. The van der Waals surface area contributed by atoms with E-state index in [0.717, 1.165) is 25.0 Å². The number of pyridine rings is 1. The number of amides is 1. The van der Waals surface area contributed by atoms with Gasteiger partial charge in [0.15, 0.2) is 0 Å². The van der Waals surface area contributed by atoms with E-state index >= 15 is 0 Å². The van der Waals surface area contributed by atoms with Crippen molar-refractivity contribution in [3.63, 3.8) is 0 Å². The van der Waals surface area contributed by atoms with E-state index < -0.39 is 23.9 Å². The van der Waals surface area contributed by atoms with E-state index in [1.807, 2.05) is 0 Å². The second-order valence-corrected chi connectivity index (χ2v) is 7.08. The minimum absolute atomic E-state index is 0.0223. The molecule has 3 rings (SSSR count). The molecule has 1 aliphatic rings. The predicted octanol–water partition coefficient (Wildman–Crippen LogP) is 3.77. The Morgan fingerprint density at radius 3 is 2.66 bits per heavy atom. The molecule has 2 aromatic rings. The summed E-state index contributed by atoms with van der Waals surface area (Å²) in [6.45, 7) is 0.490. The molecule has 2 heterocycles. The third-order valence-electron chi connectivity index (χ3n) is 5.22. The Labute approximate surface area is 167 Å². The number of carbonyl (C=O) groups excluding carboxylic acids is 1. The number of rotatable bonds is 5. The number of hydrogen-bond acceptors (Lipinski definition) is 4. The number of carbonyl (C=O) groups is 1. The number of likely N-dealkylation sites (tertiary alicyclic amines) is 1. The van der Waals surface area contributed by atoms with Crippen LogP contribution in [0, 0.1) is 0 Å². The first kappa shape index (κ1) is 21.1. The molecule has 0 bridgehead atoms. The molecule has 0 aliphatic carbocycles. The normalized spacial score (nSPS) is 18.4. The Bertz CT molecular complexity index is 840. The Hall–Kier alpha value is -2.61. The van der Waals surface area contributed by atoms with Crippen molar-refractivity contribution in [1.82, 2.24) is 9.88 Å². The summed E-state index contributed by atoms with van der Waals surface area (Å²) in [4.78, 5) is 18.6. The molecule has 1 aromatic carbocycles. The summed E-state index contributed by atoms with van der Waals surface area (Å²) in [5.41, 5.74) is 0.263. The molecule has 1 amide bonds. The van der Waals surface area contributed by atoms with Crippen molar-refractivity contribution >= 4 is 5.91 Å². The molecule has 2 atom stereocenters. The predicted molar refractivity (Wildman–Crippen MR) is 100 cm³/mol. The molecule has 29 heavy (non-hydrogen) atoms. The van der Waals surface area contributed by atoms with E-state index in [2.05, 4.69) is 4.98 Å². The lowest BCUT2D eigenvalue weighted by atomic mass is 9.92. The van der Waals surface area contributed by atoms with Gasteiger partial charge in [-0.25, -0.2) is 0 Å². The van der Waals surface area contributed by atoms with Crippen LogP contribution in [0.5, 0.6) is 5.75 Å². The highest BCUT2D eigenvalue weighted by Crippen LogP contribution is 2.33. The van der Waals surface area contributed by atoms with E-state index in [1.54, 1.807) is 17.2 Å². The molecular formula is C21H23F3N2O3. The molecule has 0 spiro atoms. The molecule has 8 heteroatoms. The Balaban J connectivity index is 1.76. The minimum Gasteiger partial charge on any atom is -0.496 e. The minimum atomic E-state index is -4.41. The number of benzene rings is 1. The third kappa shape index (κ3) is 4.87. The van der Waals surface area contributed by atoms with E-state index in [0.29, 0.717) is 29.8 Å². The number of ether oxygens (including phenoxy) is 1. The van der Waals surface area contributed by atoms with Gasteiger partial charge in [-0.2, -0.15) is 13.2 Å². The molecule has 156 valence electrons. The SMILES string of the molecule is COc1ccncc1C(O)[C@@H]1CCCCN1C(=O)Cc1ccc(C(F)(F)F)cc1. The number of hydrogen-bond donors (Lipinski definition) is 1. The second kappa shape index (κ2) is 8.82. The van der Waals surface area contributed by atoms with Gasteiger partial charge in [0.2, 0.25) is 5.91 Å². The highest BCUT2D eigenvalue weighted by Gasteiger charge is 2.34. The van der Waals surface area contributed by atoms with Crippen LogP contribution in [0.25, 0.3) is 0 Å². The Morgan fingerprint density at radius 2 is 2.00 bits per heavy atom. The first-order chi connectivity index (χ1) is 13.8. The van der Waals surface area contributed by atoms with E-state index in [9.17, 15) is 23.1 Å². The number of nitrogens with zero attached hydrogens (tertiary/aromatic N) is 2. The number of alkyl halides is 3. The fourth-order valence-electron chi connectivity index (χ4n) is 3.69. The van der Waals surface area contributed by atoms with Gasteiger partial charge in [0.05, 0.1) is 25.1 Å². The molecule has 0 radical (unpaired) electrons. The summed E-state index contributed by atoms with van der Waals surface area (Å²) in [6, 6.07) is 5.80. The third-order valence-corrected chi connectivity index (χ3v) is 5.22. The van der Waals surface area contributed by atoms with E-state index in [4.69, 9.17) is 4.74 Å². The van der Waals surface area contributed by atoms with Crippen molar-refractivity contribution in [2.75, 3.05) is 13.7 Å². The zero-order chi connectivity index (χ0) is 21.0. The van der Waals surface area contributed by atoms with Crippen LogP contribution in [0.1, 0.15) is 42.1 Å². The standard InChI is InChI=1S/C21H23F3N2O3/c1-29-18-9-10-25-13-16(18)20(28)17-4-2-3-11-26(17)19(27)12-14-5-7-15(8-6-14)21(22,23)24/h5-10,13,17,20,28H,2-4,11-12H2,1H3/t17-,20?/m0/s1. The molecule has 1 saturated heterocycles. The number of aromatic nitrogens is 1. The molecular weight excluding hydrogens is 385 g/mol. The maximum Gasteiger partial charge on any atom is 0.416 e. The number of methoxy groups -OCH3 is 1. The van der Waals surface area contributed by atoms with Gasteiger partial charge in [0, 0.05) is 24.5 Å². The van der Waals surface area contributed by atoms with Crippen LogP contribution in [0.3, 0.4) is 0 Å². The van der Waals surface area contributed by atoms with Crippen LogP contribution in [-0.2, 0) is 17.4 Å². The molecule has 1 unspecified atom stereocenters. The van der Waals surface area contributed by atoms with Crippen molar-refractivity contribution in [1.29, 1.82) is 0 Å². The van der Waals surface area contributed by atoms with Gasteiger partial charge in [-0.15, -0.1) is 0 Å². The van der Waals surface area contributed by atoms with Crippen molar-refractivity contribution in [2.45, 2.75) is 44.0 Å². The summed E-state index contributed by atoms with van der Waals surface area (Å²) in [5, 5.41) is 10.9. The van der Waals surface area contributed by atoms with Crippen LogP contribution in [0.15, 0.2) is 42.7 Å². The van der Waals surface area contributed by atoms with Gasteiger partial charge in [-0.1, -0.05) is 12.1 Å². The van der Waals surface area contributed by atoms with Crippen molar-refractivity contribution in [3.8, 4) is 5.75 Å². The smallest absolute Gasteiger partial charge is 0.416 e. The lowest BCUT2D eigenvalue weighted by Gasteiger charge is -2.39. The molecule has 1 fully saturated rings. The maximum atomic E-state index is 12.9. The van der Waals surface area contributed by atoms with E-state index in [-0.39, 0.29) is 12.3 Å². The Morgan fingerprint density at radius 1 is 1.28 bits per heavy atom. The average molecular weight is 408 g/mol. The molecule has 1 aromatic heterocycles. The largest absolute Gasteiger partial charge is 0.496 e. The summed E-state index contributed by atoms with van der Waals surface area (Å²) >= 11 is 0. The number of aliphatic hydroxyl groups excluding tert-OH is 1. The van der Waals surface area contributed by atoms with Gasteiger partial charge in [-0.3, -0.25) is 9.78 Å². The lowest BCUT2D eigenvalue weighted by molar-refractivity contribution is -0.137. The first-order valence-corrected chi connectivity index (χ1v) is 9.43. The fraction of sp³-hybridized carbons (Fsp3) is 0.429. The number of halogens is 3. The van der Waals surface area contributed by atoms with Crippen LogP contribution < -0.4 is 4.74 Å². The molecule has 5 nitrogen and oxygen atoms in total. The monoisotopic (exact) mass is 408 g/mol. The van der Waals surface area contributed by atoms with Gasteiger partial charge in [0.1, 0.15) is 11.9 Å². The van der Waals surface area contributed by atoms with Crippen LogP contribution in [0.2, 0.25) is 0 Å². The molecule has 0 saturated carbocycles. The maximum absolute atomic E-state index is 12.9. The van der Waals surface area contributed by atoms with Gasteiger partial charge in [-0.05, 0) is 43.0 Å². The zero-order valence-corrected chi connectivity index (χ0v) is 16.0. The summed E-state index contributed by atoms with van der Waals surface area (Å²) in [6.07, 6.45) is -0.00667. The topological polar surface area (TPSA) is 62.7 Å². The van der Waals surface area contributed by atoms with Gasteiger partial charge in [0.25, 0.3) is 0 Å². The lowest BCUT2D eigenvalue weighted by Crippen LogP contribution is -2.47. The van der Waals surface area contributed by atoms with Crippen LogP contribution >= 0.6 is 0 Å². The first-order valence-electron chi connectivity index (χ1n) is 9.43. The van der Waals surface area contributed by atoms with Crippen molar-refractivity contribution in [2.24, 2.45) is 0 Å². The van der Waals surface area contributed by atoms with Crippen LogP contribution in [-0.4, -0.2) is 40.6 Å². The fourth-order valence-corrected chi connectivity index (χ4v) is 3.69. The summed E-state index contributed by atoms with van der Waals surface area (Å²) < 4.78 is 43.4. The quantitative estimate of drug-likeness (QED) is 0.818. The van der Waals surface area contributed by atoms with Crippen molar-refractivity contribution in [3.05, 3.63) is 59.4 Å². The number of piperidine rings is 1. The highest BCUT2D eigenvalue weighted by molar-refractivity contribution is 5.79. The van der Waals surface area contributed by atoms with Crippen LogP contribution in [0.4, 0.5) is 13.2 Å². The van der Waals surface area contributed by atoms with Gasteiger partial charge >= 0.3 is 6.18 Å². The summed E-state index contributed by atoms with van der Waals surface area (Å²) in [5.74, 6) is 0.268. The number of aliphatic hydroxyl groups is 1. The van der Waals surface area contributed by atoms with E-state index in [1.165, 1.54) is 25.4 Å². The molecule has 1 aliphatic heterocycles. The van der Waals surface area contributed by atoms with Gasteiger partial charge < -0.3 is 14.7 Å². The molecule has 1 N–H and O–H groups in total. The zero-order valence-electron chi connectivity index (χ0n) is 16.0. The second-order valence-electron chi connectivity index (χ2n) is 7.08. The summed E-state index contributed by atoms with van der Waals surface area (Å²) in [7, 11) is 1.50.